The highest BCUT2D eigenvalue weighted by Crippen LogP contribution is 2.23. The van der Waals surface area contributed by atoms with E-state index in [0.29, 0.717) is 0 Å². The van der Waals surface area contributed by atoms with Gasteiger partial charge in [0.05, 0.1) is 6.54 Å². The Morgan fingerprint density at radius 1 is 1.05 bits per heavy atom. The van der Waals surface area contributed by atoms with Crippen LogP contribution in [-0.4, -0.2) is 18.5 Å². The Bertz CT molecular complexity index is 754. The Hall–Kier alpha value is -2.29. The highest BCUT2D eigenvalue weighted by atomic mass is 15.1. The molecule has 114 valence electrons. The first-order valence-corrected chi connectivity index (χ1v) is 7.97. The van der Waals surface area contributed by atoms with Crippen molar-refractivity contribution in [2.45, 2.75) is 26.3 Å². The van der Waals surface area contributed by atoms with Gasteiger partial charge in [0.1, 0.15) is 11.9 Å². The number of imidazole rings is 1. The molecule has 0 bridgehead atoms. The van der Waals surface area contributed by atoms with E-state index in [1.165, 1.54) is 35.3 Å². The number of hydrogen-bond acceptors (Lipinski definition) is 1. The summed E-state index contributed by atoms with van der Waals surface area (Å²) in [5.41, 5.74) is 4.94. The summed E-state index contributed by atoms with van der Waals surface area (Å²) in [5.74, 6) is 0. The molecular formula is C19H24N3+. The first-order valence-electron chi connectivity index (χ1n) is 7.97. The molecule has 0 aliphatic rings. The van der Waals surface area contributed by atoms with Crippen molar-refractivity contribution in [3.05, 3.63) is 55.0 Å². The number of aryl methyl sites for hydroxylation is 1. The number of pyridine rings is 1. The molecular weight excluding hydrogens is 270 g/mol. The van der Waals surface area contributed by atoms with Gasteiger partial charge in [-0.1, -0.05) is 19.4 Å². The molecule has 22 heavy (non-hydrogen) atoms. The summed E-state index contributed by atoms with van der Waals surface area (Å²) in [6.45, 7) is 3.31. The predicted molar refractivity (Wildman–Crippen MR) is 92.3 cm³/mol. The number of rotatable bonds is 5. The van der Waals surface area contributed by atoms with E-state index < -0.39 is 0 Å². The summed E-state index contributed by atoms with van der Waals surface area (Å²) in [6.07, 6.45) is 6.87. The van der Waals surface area contributed by atoms with E-state index in [9.17, 15) is 0 Å². The smallest absolute Gasteiger partial charge is 0.249 e. The van der Waals surface area contributed by atoms with Gasteiger partial charge in [0.25, 0.3) is 0 Å². The number of fused-ring (bicyclic) bond motifs is 1. The molecule has 0 N–H and O–H groups in total. The van der Waals surface area contributed by atoms with Crippen molar-refractivity contribution in [1.29, 1.82) is 0 Å². The number of unbranched alkanes of at least 4 members (excludes halogenated alkanes) is 1. The zero-order valence-electron chi connectivity index (χ0n) is 13.7. The number of nitrogens with zero attached hydrogens (tertiary/aromatic N) is 3. The molecule has 0 amide bonds. The van der Waals surface area contributed by atoms with Gasteiger partial charge >= 0.3 is 0 Å². The van der Waals surface area contributed by atoms with Gasteiger partial charge in [0.2, 0.25) is 6.33 Å². The van der Waals surface area contributed by atoms with Gasteiger partial charge < -0.3 is 4.90 Å². The maximum Gasteiger partial charge on any atom is 0.249 e. The first-order chi connectivity index (χ1) is 10.7. The fourth-order valence-corrected chi connectivity index (χ4v) is 2.75. The van der Waals surface area contributed by atoms with E-state index in [2.05, 4.69) is 89.9 Å². The van der Waals surface area contributed by atoms with E-state index in [4.69, 9.17) is 0 Å². The topological polar surface area (TPSA) is 11.5 Å². The largest absolute Gasteiger partial charge is 0.378 e. The number of hydrogen-bond donors (Lipinski definition) is 0. The van der Waals surface area contributed by atoms with Gasteiger partial charge in [0.15, 0.2) is 5.52 Å². The lowest BCUT2D eigenvalue weighted by Gasteiger charge is -2.12. The van der Waals surface area contributed by atoms with Crippen LogP contribution in [0.2, 0.25) is 0 Å². The van der Waals surface area contributed by atoms with Crippen molar-refractivity contribution in [2.24, 2.45) is 0 Å². The van der Waals surface area contributed by atoms with Crippen LogP contribution in [0.5, 0.6) is 0 Å². The van der Waals surface area contributed by atoms with Crippen LogP contribution in [0, 0.1) is 0 Å². The van der Waals surface area contributed by atoms with Gasteiger partial charge in [-0.25, -0.2) is 4.57 Å². The number of benzene rings is 1. The molecule has 3 aromatic rings. The molecule has 3 rings (SSSR count). The summed E-state index contributed by atoms with van der Waals surface area (Å²) in [7, 11) is 4.14. The zero-order valence-corrected chi connectivity index (χ0v) is 13.7. The van der Waals surface area contributed by atoms with Gasteiger partial charge in [-0.3, -0.25) is 0 Å². The van der Waals surface area contributed by atoms with Crippen molar-refractivity contribution in [2.75, 3.05) is 19.0 Å². The molecule has 2 aromatic heterocycles. The average Bonchev–Trinajstić information content (AvgIpc) is 2.95. The van der Waals surface area contributed by atoms with Crippen LogP contribution in [0.3, 0.4) is 0 Å². The fourth-order valence-electron chi connectivity index (χ4n) is 2.75. The van der Waals surface area contributed by atoms with Crippen LogP contribution in [0.4, 0.5) is 5.69 Å². The molecule has 0 unspecified atom stereocenters. The molecule has 2 heterocycles. The first kappa shape index (κ1) is 14.6. The van der Waals surface area contributed by atoms with Crippen LogP contribution in [0.15, 0.2) is 55.0 Å². The van der Waals surface area contributed by atoms with Gasteiger partial charge in [-0.15, -0.1) is 0 Å². The Morgan fingerprint density at radius 2 is 1.82 bits per heavy atom. The monoisotopic (exact) mass is 294 g/mol. The van der Waals surface area contributed by atoms with Crippen molar-refractivity contribution in [1.82, 2.24) is 4.40 Å². The average molecular weight is 294 g/mol. The highest BCUT2D eigenvalue weighted by Gasteiger charge is 2.12. The van der Waals surface area contributed by atoms with Crippen LogP contribution in [-0.2, 0) is 6.54 Å². The van der Waals surface area contributed by atoms with Gasteiger partial charge in [-0.2, -0.15) is 4.40 Å². The number of anilines is 1. The van der Waals surface area contributed by atoms with Crippen LogP contribution in [0.25, 0.3) is 16.8 Å². The number of aromatic nitrogens is 2. The second kappa shape index (κ2) is 6.22. The molecule has 0 radical (unpaired) electrons. The minimum absolute atomic E-state index is 1.08. The summed E-state index contributed by atoms with van der Waals surface area (Å²) in [4.78, 5) is 2.12. The summed E-state index contributed by atoms with van der Waals surface area (Å²) in [6, 6.07) is 15.2. The molecule has 3 nitrogen and oxygen atoms in total. The quantitative estimate of drug-likeness (QED) is 0.652. The van der Waals surface area contributed by atoms with Crippen molar-refractivity contribution < 1.29 is 4.57 Å². The lowest BCUT2D eigenvalue weighted by atomic mass is 10.1. The molecule has 3 heteroatoms. The van der Waals surface area contributed by atoms with Crippen molar-refractivity contribution in [3.63, 3.8) is 0 Å². The third-order valence-electron chi connectivity index (χ3n) is 4.07. The van der Waals surface area contributed by atoms with E-state index in [0.717, 1.165) is 6.54 Å². The lowest BCUT2D eigenvalue weighted by molar-refractivity contribution is -0.695. The molecule has 0 fully saturated rings. The van der Waals surface area contributed by atoms with Crippen molar-refractivity contribution in [3.8, 4) is 11.3 Å². The normalized spacial score (nSPS) is 11.0. The molecule has 0 saturated heterocycles. The van der Waals surface area contributed by atoms with E-state index in [1.807, 2.05) is 0 Å². The van der Waals surface area contributed by atoms with E-state index >= 15 is 0 Å². The SMILES string of the molecule is CCCC[n+]1cc2cccc(-c3ccc(N(C)C)cc3)n2c1. The Balaban J connectivity index is 2.00. The Labute approximate surface area is 132 Å². The third kappa shape index (κ3) is 2.84. The Morgan fingerprint density at radius 3 is 2.50 bits per heavy atom. The van der Waals surface area contributed by atoms with Gasteiger partial charge in [0, 0.05) is 25.3 Å². The summed E-state index contributed by atoms with van der Waals surface area (Å²) >= 11 is 0. The van der Waals surface area contributed by atoms with Crippen LogP contribution < -0.4 is 9.47 Å². The summed E-state index contributed by atoms with van der Waals surface area (Å²) in [5, 5.41) is 0. The van der Waals surface area contributed by atoms with Crippen LogP contribution >= 0.6 is 0 Å². The van der Waals surface area contributed by atoms with Gasteiger partial charge in [-0.05, 0) is 42.8 Å². The maximum absolute atomic E-state index is 2.29. The summed E-state index contributed by atoms with van der Waals surface area (Å²) < 4.78 is 4.57. The van der Waals surface area contributed by atoms with Crippen molar-refractivity contribution >= 4 is 11.2 Å². The fraction of sp³-hybridized carbons (Fsp3) is 0.316. The zero-order chi connectivity index (χ0) is 15.5. The van der Waals surface area contributed by atoms with Crippen LogP contribution in [0.1, 0.15) is 19.8 Å². The molecule has 0 spiro atoms. The molecule has 0 aliphatic heterocycles. The minimum atomic E-state index is 1.08. The third-order valence-corrected chi connectivity index (χ3v) is 4.07. The predicted octanol–water partition coefficient (Wildman–Crippen LogP) is 3.76. The maximum atomic E-state index is 2.29. The standard InChI is InChI=1S/C19H24N3/c1-4-5-13-21-14-18-7-6-8-19(22(18)15-21)16-9-11-17(12-10-16)20(2)3/h6-12,14-15H,4-5,13H2,1-3H3/q+1. The Kier molecular flexibility index (Phi) is 4.14. The molecule has 0 atom stereocenters. The molecule has 0 saturated carbocycles. The minimum Gasteiger partial charge on any atom is -0.378 e. The molecule has 1 aromatic carbocycles. The van der Waals surface area contributed by atoms with E-state index in [-0.39, 0.29) is 0 Å². The highest BCUT2D eigenvalue weighted by molar-refractivity contribution is 5.66. The van der Waals surface area contributed by atoms with E-state index in [1.54, 1.807) is 0 Å². The second-order valence-corrected chi connectivity index (χ2v) is 5.98. The lowest BCUT2D eigenvalue weighted by Crippen LogP contribution is -2.30. The second-order valence-electron chi connectivity index (χ2n) is 5.98. The molecule has 0 aliphatic carbocycles.